The molecule has 1 heteroatoms. The van der Waals surface area contributed by atoms with Crippen LogP contribution in [0.5, 0.6) is 0 Å². The van der Waals surface area contributed by atoms with E-state index in [1.807, 2.05) is 0 Å². The van der Waals surface area contributed by atoms with E-state index in [1.165, 1.54) is 29.5 Å². The molecule has 0 aliphatic carbocycles. The maximum absolute atomic E-state index is 3.00. The first-order valence-electron chi connectivity index (χ1n) is 5.34. The highest BCUT2D eigenvalue weighted by atomic mass is 31.0. The Morgan fingerprint density at radius 2 is 1.93 bits per heavy atom. The molecule has 0 radical (unpaired) electrons. The number of hydrogen-bond acceptors (Lipinski definition) is 0. The normalized spacial score (nSPS) is 15.2. The average molecular weight is 208 g/mol. The minimum absolute atomic E-state index is 0.243. The Labute approximate surface area is 90.3 Å². The summed E-state index contributed by atoms with van der Waals surface area (Å²) in [7, 11) is 3.00. The quantitative estimate of drug-likeness (QED) is 0.653. The summed E-state index contributed by atoms with van der Waals surface area (Å²) in [6, 6.07) is 6.75. The van der Waals surface area contributed by atoms with E-state index in [0.717, 1.165) is 0 Å². The Bertz CT molecular complexity index is 313. The van der Waals surface area contributed by atoms with Crippen molar-refractivity contribution in [2.75, 3.05) is 0 Å². The highest BCUT2D eigenvalue weighted by Crippen LogP contribution is 2.37. The van der Waals surface area contributed by atoms with Crippen molar-refractivity contribution in [3.05, 3.63) is 34.9 Å². The van der Waals surface area contributed by atoms with Crippen molar-refractivity contribution in [2.24, 2.45) is 0 Å². The van der Waals surface area contributed by atoms with Gasteiger partial charge in [0, 0.05) is 5.16 Å². The Kier molecular flexibility index (Phi) is 3.72. The molecular formula is C13H21P. The van der Waals surface area contributed by atoms with Crippen molar-refractivity contribution in [3.63, 3.8) is 0 Å². The highest BCUT2D eigenvalue weighted by Gasteiger charge is 2.21. The van der Waals surface area contributed by atoms with Gasteiger partial charge in [0.1, 0.15) is 0 Å². The van der Waals surface area contributed by atoms with Crippen LogP contribution in [-0.4, -0.2) is 0 Å². The second-order valence-electron chi connectivity index (χ2n) is 4.49. The zero-order valence-electron chi connectivity index (χ0n) is 9.72. The molecule has 0 amide bonds. The third kappa shape index (κ3) is 2.58. The molecule has 78 valence electrons. The summed E-state index contributed by atoms with van der Waals surface area (Å²) in [4.78, 5) is 0. The van der Waals surface area contributed by atoms with E-state index in [9.17, 15) is 0 Å². The maximum atomic E-state index is 3.00. The molecule has 0 fully saturated rings. The molecule has 1 aromatic rings. The first-order valence-corrected chi connectivity index (χ1v) is 5.91. The Morgan fingerprint density at radius 1 is 1.29 bits per heavy atom. The molecule has 0 N–H and O–H groups in total. The maximum Gasteiger partial charge on any atom is 0.00719 e. The predicted molar refractivity (Wildman–Crippen MR) is 67.9 cm³/mol. The Morgan fingerprint density at radius 3 is 2.43 bits per heavy atom. The van der Waals surface area contributed by atoms with E-state index in [2.05, 4.69) is 55.1 Å². The van der Waals surface area contributed by atoms with Crippen molar-refractivity contribution in [3.8, 4) is 0 Å². The SMILES string of the molecule is CCCC(C)(P)c1ccc(C)cc1C. The third-order valence-electron chi connectivity index (χ3n) is 2.77. The van der Waals surface area contributed by atoms with Gasteiger partial charge in [-0.1, -0.05) is 44.0 Å². The van der Waals surface area contributed by atoms with Crippen molar-refractivity contribution in [1.82, 2.24) is 0 Å². The molecule has 0 aromatic heterocycles. The predicted octanol–water partition coefficient (Wildman–Crippen LogP) is 4.19. The Hall–Kier alpha value is -0.350. The molecular weight excluding hydrogens is 187 g/mol. The van der Waals surface area contributed by atoms with Gasteiger partial charge >= 0.3 is 0 Å². The fraction of sp³-hybridized carbons (Fsp3) is 0.538. The van der Waals surface area contributed by atoms with Gasteiger partial charge < -0.3 is 0 Å². The fourth-order valence-corrected chi connectivity index (χ4v) is 2.72. The number of rotatable bonds is 3. The van der Waals surface area contributed by atoms with Gasteiger partial charge in [-0.25, -0.2) is 0 Å². The van der Waals surface area contributed by atoms with Gasteiger partial charge in [-0.15, -0.1) is 9.24 Å². The first kappa shape index (κ1) is 11.7. The largest absolute Gasteiger partial charge is 0.127 e. The summed E-state index contributed by atoms with van der Waals surface area (Å²) in [5.74, 6) is 0. The van der Waals surface area contributed by atoms with E-state index in [4.69, 9.17) is 0 Å². The zero-order valence-corrected chi connectivity index (χ0v) is 10.9. The lowest BCUT2D eigenvalue weighted by Gasteiger charge is -2.26. The monoisotopic (exact) mass is 208 g/mol. The summed E-state index contributed by atoms with van der Waals surface area (Å²) in [6.07, 6.45) is 2.45. The van der Waals surface area contributed by atoms with Crippen molar-refractivity contribution >= 4 is 9.24 Å². The molecule has 0 saturated carbocycles. The number of benzene rings is 1. The molecule has 0 nitrogen and oxygen atoms in total. The molecule has 1 aromatic carbocycles. The molecule has 2 unspecified atom stereocenters. The zero-order chi connectivity index (χ0) is 10.8. The molecule has 0 saturated heterocycles. The lowest BCUT2D eigenvalue weighted by Crippen LogP contribution is -2.14. The van der Waals surface area contributed by atoms with Gasteiger partial charge in [0.2, 0.25) is 0 Å². The topological polar surface area (TPSA) is 0 Å². The van der Waals surface area contributed by atoms with Crippen molar-refractivity contribution in [2.45, 2.75) is 45.7 Å². The summed E-state index contributed by atoms with van der Waals surface area (Å²) in [5.41, 5.74) is 4.23. The van der Waals surface area contributed by atoms with Crippen LogP contribution in [0.25, 0.3) is 0 Å². The van der Waals surface area contributed by atoms with Crippen LogP contribution in [0, 0.1) is 13.8 Å². The van der Waals surface area contributed by atoms with Gasteiger partial charge in [0.05, 0.1) is 0 Å². The van der Waals surface area contributed by atoms with E-state index < -0.39 is 0 Å². The van der Waals surface area contributed by atoms with Crippen molar-refractivity contribution < 1.29 is 0 Å². The van der Waals surface area contributed by atoms with E-state index >= 15 is 0 Å². The van der Waals surface area contributed by atoms with Crippen LogP contribution >= 0.6 is 9.24 Å². The second kappa shape index (κ2) is 4.45. The molecule has 0 aliphatic rings. The van der Waals surface area contributed by atoms with Gasteiger partial charge in [-0.05, 0) is 31.4 Å². The number of hydrogen-bond donors (Lipinski definition) is 0. The lowest BCUT2D eigenvalue weighted by molar-refractivity contribution is 0.605. The third-order valence-corrected chi connectivity index (χ3v) is 3.37. The fourth-order valence-electron chi connectivity index (χ4n) is 2.11. The van der Waals surface area contributed by atoms with Crippen LogP contribution in [0.3, 0.4) is 0 Å². The van der Waals surface area contributed by atoms with E-state index in [0.29, 0.717) is 0 Å². The van der Waals surface area contributed by atoms with Gasteiger partial charge in [-0.3, -0.25) is 0 Å². The van der Waals surface area contributed by atoms with Crippen molar-refractivity contribution in [1.29, 1.82) is 0 Å². The van der Waals surface area contributed by atoms with Crippen LogP contribution in [0.1, 0.15) is 43.4 Å². The molecule has 1 rings (SSSR count). The molecule has 0 aliphatic heterocycles. The van der Waals surface area contributed by atoms with Crippen LogP contribution in [0.4, 0.5) is 0 Å². The standard InChI is InChI=1S/C13H21P/c1-5-8-13(4,14)12-7-6-10(2)9-11(12)3/h6-7,9H,5,8,14H2,1-4H3. The van der Waals surface area contributed by atoms with Crippen LogP contribution < -0.4 is 0 Å². The van der Waals surface area contributed by atoms with Crippen LogP contribution in [0.15, 0.2) is 18.2 Å². The summed E-state index contributed by atoms with van der Waals surface area (Å²) < 4.78 is 0. The summed E-state index contributed by atoms with van der Waals surface area (Å²) in [5, 5.41) is 0.243. The molecule has 2 atom stereocenters. The smallest absolute Gasteiger partial charge is 0.00719 e. The molecule has 0 spiro atoms. The second-order valence-corrected chi connectivity index (χ2v) is 5.76. The summed E-state index contributed by atoms with van der Waals surface area (Å²) >= 11 is 0. The van der Waals surface area contributed by atoms with Gasteiger partial charge in [0.15, 0.2) is 0 Å². The van der Waals surface area contributed by atoms with Crippen LogP contribution in [0.2, 0.25) is 0 Å². The van der Waals surface area contributed by atoms with Gasteiger partial charge in [0.25, 0.3) is 0 Å². The molecule has 0 bridgehead atoms. The Balaban J connectivity index is 3.06. The lowest BCUT2D eigenvalue weighted by atomic mass is 9.91. The average Bonchev–Trinajstić information content (AvgIpc) is 2.02. The highest BCUT2D eigenvalue weighted by molar-refractivity contribution is 7.18. The first-order chi connectivity index (χ1) is 6.47. The van der Waals surface area contributed by atoms with E-state index in [1.54, 1.807) is 0 Å². The molecule has 14 heavy (non-hydrogen) atoms. The minimum Gasteiger partial charge on any atom is -0.127 e. The minimum atomic E-state index is 0.243. The summed E-state index contributed by atoms with van der Waals surface area (Å²) in [6.45, 7) is 8.90. The van der Waals surface area contributed by atoms with Crippen LogP contribution in [-0.2, 0) is 5.16 Å². The van der Waals surface area contributed by atoms with E-state index in [-0.39, 0.29) is 5.16 Å². The number of aryl methyl sites for hydroxylation is 2. The van der Waals surface area contributed by atoms with Gasteiger partial charge in [-0.2, -0.15) is 0 Å². The molecule has 0 heterocycles.